The van der Waals surface area contributed by atoms with Crippen molar-refractivity contribution in [2.75, 3.05) is 20.3 Å². The number of furan rings is 1. The molecule has 7 nitrogen and oxygen atoms in total. The summed E-state index contributed by atoms with van der Waals surface area (Å²) in [6.07, 6.45) is 1.48. The van der Waals surface area contributed by atoms with E-state index in [0.29, 0.717) is 24.6 Å². The maximum Gasteiger partial charge on any atom is 0.346 e. The van der Waals surface area contributed by atoms with Gasteiger partial charge in [-0.1, -0.05) is 0 Å². The Morgan fingerprint density at radius 3 is 3.11 bits per heavy atom. The van der Waals surface area contributed by atoms with Gasteiger partial charge in [-0.2, -0.15) is 4.98 Å². The lowest BCUT2D eigenvalue weighted by molar-refractivity contribution is 0.0931. The zero-order valence-corrected chi connectivity index (χ0v) is 10.3. The molecule has 2 rings (SSSR count). The molecule has 0 saturated heterocycles. The van der Waals surface area contributed by atoms with Gasteiger partial charge in [0.25, 0.3) is 5.91 Å². The number of aromatic amines is 1. The second-order valence-corrected chi connectivity index (χ2v) is 3.71. The molecule has 0 bridgehead atoms. The predicted molar refractivity (Wildman–Crippen MR) is 66.8 cm³/mol. The highest BCUT2D eigenvalue weighted by atomic mass is 16.5. The first kappa shape index (κ1) is 13.0. The highest BCUT2D eigenvalue weighted by molar-refractivity contribution is 5.92. The summed E-state index contributed by atoms with van der Waals surface area (Å²) in [6, 6.07) is 4.83. The van der Waals surface area contributed by atoms with E-state index < -0.39 is 11.6 Å². The van der Waals surface area contributed by atoms with Gasteiger partial charge in [0.1, 0.15) is 11.5 Å². The summed E-state index contributed by atoms with van der Waals surface area (Å²) in [5.74, 6) is 0.0291. The number of nitrogens with zero attached hydrogens (tertiary/aromatic N) is 1. The molecule has 2 aromatic rings. The number of hydrogen-bond donors (Lipinski definition) is 2. The van der Waals surface area contributed by atoms with Gasteiger partial charge in [0.15, 0.2) is 0 Å². The molecule has 2 heterocycles. The molecule has 0 saturated carbocycles. The van der Waals surface area contributed by atoms with Crippen LogP contribution < -0.4 is 11.0 Å². The Morgan fingerprint density at radius 2 is 2.42 bits per heavy atom. The number of carbonyl (C=O) groups excluding carboxylic acids is 1. The molecule has 0 fully saturated rings. The summed E-state index contributed by atoms with van der Waals surface area (Å²) < 4.78 is 9.97. The zero-order valence-electron chi connectivity index (χ0n) is 10.3. The van der Waals surface area contributed by atoms with Crippen molar-refractivity contribution in [3.63, 3.8) is 0 Å². The lowest BCUT2D eigenvalue weighted by Crippen LogP contribution is -2.29. The number of H-pyrrole nitrogens is 1. The molecule has 0 aliphatic carbocycles. The van der Waals surface area contributed by atoms with Crippen LogP contribution >= 0.6 is 0 Å². The van der Waals surface area contributed by atoms with Crippen LogP contribution in [0.5, 0.6) is 0 Å². The van der Waals surface area contributed by atoms with Crippen molar-refractivity contribution in [1.82, 2.24) is 15.3 Å². The van der Waals surface area contributed by atoms with Crippen molar-refractivity contribution in [2.24, 2.45) is 0 Å². The highest BCUT2D eigenvalue weighted by Gasteiger charge is 2.11. The van der Waals surface area contributed by atoms with Gasteiger partial charge in [0, 0.05) is 13.7 Å². The minimum atomic E-state index is -0.606. The topological polar surface area (TPSA) is 97.2 Å². The number of amides is 1. The van der Waals surface area contributed by atoms with E-state index in [1.54, 1.807) is 12.1 Å². The van der Waals surface area contributed by atoms with Gasteiger partial charge in [-0.3, -0.25) is 4.79 Å². The maximum absolute atomic E-state index is 11.8. The Kier molecular flexibility index (Phi) is 4.09. The second kappa shape index (κ2) is 5.96. The molecule has 2 aromatic heterocycles. The van der Waals surface area contributed by atoms with Crippen LogP contribution in [0.1, 0.15) is 10.5 Å². The fourth-order valence-corrected chi connectivity index (χ4v) is 1.50. The minimum absolute atomic E-state index is 0.0336. The van der Waals surface area contributed by atoms with Crippen LogP contribution in [-0.4, -0.2) is 36.1 Å². The third-order valence-corrected chi connectivity index (χ3v) is 2.36. The van der Waals surface area contributed by atoms with E-state index in [9.17, 15) is 9.59 Å². The molecule has 0 aliphatic heterocycles. The molecule has 7 heteroatoms. The summed E-state index contributed by atoms with van der Waals surface area (Å²) in [5, 5.41) is 2.59. The van der Waals surface area contributed by atoms with Crippen molar-refractivity contribution in [2.45, 2.75) is 0 Å². The van der Waals surface area contributed by atoms with Crippen LogP contribution in [0.15, 0.2) is 33.7 Å². The van der Waals surface area contributed by atoms with Gasteiger partial charge < -0.3 is 19.5 Å². The van der Waals surface area contributed by atoms with Gasteiger partial charge >= 0.3 is 5.69 Å². The predicted octanol–water partition coefficient (Wildman–Crippen LogP) is 0.406. The molecule has 0 aromatic carbocycles. The Balaban J connectivity index is 2.22. The van der Waals surface area contributed by atoms with Crippen molar-refractivity contribution in [3.8, 4) is 11.5 Å². The van der Waals surface area contributed by atoms with Crippen molar-refractivity contribution >= 4 is 5.91 Å². The standard InChI is InChI=1S/C12H13N3O4/c1-18-6-4-13-11(16)9-7-8(14-12(17)15-9)10-3-2-5-19-10/h2-3,5,7H,4,6H2,1H3,(H,13,16)(H,14,15,17). The molecule has 0 spiro atoms. The van der Waals surface area contributed by atoms with Crippen LogP contribution in [0.25, 0.3) is 11.5 Å². The number of methoxy groups -OCH3 is 1. The minimum Gasteiger partial charge on any atom is -0.463 e. The zero-order chi connectivity index (χ0) is 13.7. The van der Waals surface area contributed by atoms with Crippen molar-refractivity contribution < 1.29 is 13.9 Å². The summed E-state index contributed by atoms with van der Waals surface area (Å²) in [4.78, 5) is 29.3. The number of aromatic nitrogens is 2. The monoisotopic (exact) mass is 263 g/mol. The van der Waals surface area contributed by atoms with E-state index in [1.807, 2.05) is 0 Å². The molecule has 0 unspecified atom stereocenters. The normalized spacial score (nSPS) is 10.4. The number of nitrogens with one attached hydrogen (secondary N) is 2. The Morgan fingerprint density at radius 1 is 1.58 bits per heavy atom. The Bertz CT molecular complexity index is 604. The quantitative estimate of drug-likeness (QED) is 0.761. The summed E-state index contributed by atoms with van der Waals surface area (Å²) in [7, 11) is 1.53. The van der Waals surface area contributed by atoms with Crippen LogP contribution in [-0.2, 0) is 4.74 Å². The van der Waals surface area contributed by atoms with Crippen LogP contribution in [0.3, 0.4) is 0 Å². The van der Waals surface area contributed by atoms with Gasteiger partial charge in [0.05, 0.1) is 18.6 Å². The lowest BCUT2D eigenvalue weighted by Gasteiger charge is -2.04. The molecule has 100 valence electrons. The smallest absolute Gasteiger partial charge is 0.346 e. The average molecular weight is 263 g/mol. The molecule has 0 atom stereocenters. The number of carbonyl (C=O) groups is 1. The largest absolute Gasteiger partial charge is 0.463 e. The van der Waals surface area contributed by atoms with E-state index in [2.05, 4.69) is 15.3 Å². The first-order chi connectivity index (χ1) is 9.20. The van der Waals surface area contributed by atoms with Gasteiger partial charge in [-0.05, 0) is 18.2 Å². The highest BCUT2D eigenvalue weighted by Crippen LogP contribution is 2.15. The van der Waals surface area contributed by atoms with Crippen LogP contribution in [0, 0.1) is 0 Å². The SMILES string of the molecule is COCCNC(=O)c1cc(-c2ccco2)[nH]c(=O)n1. The van der Waals surface area contributed by atoms with Crippen LogP contribution in [0.4, 0.5) is 0 Å². The molecule has 1 amide bonds. The van der Waals surface area contributed by atoms with E-state index in [0.717, 1.165) is 0 Å². The molecule has 2 N–H and O–H groups in total. The molecule has 19 heavy (non-hydrogen) atoms. The first-order valence-corrected chi connectivity index (χ1v) is 5.63. The number of ether oxygens (including phenoxy) is 1. The Hall–Kier alpha value is -2.41. The lowest BCUT2D eigenvalue weighted by atomic mass is 10.2. The van der Waals surface area contributed by atoms with Crippen LogP contribution in [0.2, 0.25) is 0 Å². The fraction of sp³-hybridized carbons (Fsp3) is 0.250. The first-order valence-electron chi connectivity index (χ1n) is 5.63. The molecular formula is C12H13N3O4. The van der Waals surface area contributed by atoms with E-state index in [4.69, 9.17) is 9.15 Å². The third-order valence-electron chi connectivity index (χ3n) is 2.36. The summed E-state index contributed by atoms with van der Waals surface area (Å²) in [5.41, 5.74) is -0.168. The average Bonchev–Trinajstić information content (AvgIpc) is 2.92. The van der Waals surface area contributed by atoms with E-state index in [1.165, 1.54) is 19.4 Å². The second-order valence-electron chi connectivity index (χ2n) is 3.71. The molecule has 0 radical (unpaired) electrons. The summed E-state index contributed by atoms with van der Waals surface area (Å²) >= 11 is 0. The van der Waals surface area contributed by atoms with Crippen molar-refractivity contribution in [1.29, 1.82) is 0 Å². The molecule has 0 aliphatic rings. The van der Waals surface area contributed by atoms with E-state index in [-0.39, 0.29) is 5.69 Å². The summed E-state index contributed by atoms with van der Waals surface area (Å²) in [6.45, 7) is 0.736. The third kappa shape index (κ3) is 3.29. The fourth-order valence-electron chi connectivity index (χ4n) is 1.50. The van der Waals surface area contributed by atoms with Gasteiger partial charge in [-0.15, -0.1) is 0 Å². The van der Waals surface area contributed by atoms with E-state index >= 15 is 0 Å². The Labute approximate surface area is 108 Å². The number of rotatable bonds is 5. The van der Waals surface area contributed by atoms with Gasteiger partial charge in [-0.25, -0.2) is 4.79 Å². The molecular weight excluding hydrogens is 250 g/mol. The number of hydrogen-bond acceptors (Lipinski definition) is 5. The van der Waals surface area contributed by atoms with Gasteiger partial charge in [0.2, 0.25) is 0 Å². The van der Waals surface area contributed by atoms with Crippen molar-refractivity contribution in [3.05, 3.63) is 40.6 Å². The maximum atomic E-state index is 11.8.